The van der Waals surface area contributed by atoms with Crippen LogP contribution in [0.2, 0.25) is 0 Å². The van der Waals surface area contributed by atoms with E-state index in [-0.39, 0.29) is 18.4 Å². The van der Waals surface area contributed by atoms with Gasteiger partial charge in [0.2, 0.25) is 0 Å². The van der Waals surface area contributed by atoms with Crippen molar-refractivity contribution in [1.82, 2.24) is 10.6 Å². The second kappa shape index (κ2) is 7.54. The minimum Gasteiger partial charge on any atom is -0.336 e. The number of rotatable bonds is 4. The highest BCUT2D eigenvalue weighted by Crippen LogP contribution is 2.42. The number of hydrogen-bond acceptors (Lipinski definition) is 4. The number of piperidine rings is 1. The average Bonchev–Trinajstić information content (AvgIpc) is 2.89. The quantitative estimate of drug-likeness (QED) is 0.623. The topological polar surface area (TPSA) is 98.7 Å². The second-order valence-corrected chi connectivity index (χ2v) is 7.22. The van der Waals surface area contributed by atoms with Gasteiger partial charge in [0.1, 0.15) is 5.78 Å². The van der Waals surface area contributed by atoms with Crippen LogP contribution in [0.25, 0.3) is 0 Å². The maximum absolute atomic E-state index is 11.9. The van der Waals surface area contributed by atoms with E-state index in [2.05, 4.69) is 10.6 Å². The van der Waals surface area contributed by atoms with Crippen molar-refractivity contribution in [3.63, 3.8) is 0 Å². The van der Waals surface area contributed by atoms with Gasteiger partial charge in [0.15, 0.2) is 0 Å². The summed E-state index contributed by atoms with van der Waals surface area (Å²) < 4.78 is 11.6. The van der Waals surface area contributed by atoms with E-state index >= 15 is 0 Å². The number of carbonyl (C=O) groups is 1. The second-order valence-electron chi connectivity index (χ2n) is 4.54. The molecular formula is C11H18ClN2O4PS. The summed E-state index contributed by atoms with van der Waals surface area (Å²) in [6.45, 7) is 0.718. The number of carbonyl (C=O) groups excluding carboxylic acids is 1. The van der Waals surface area contributed by atoms with Crippen LogP contribution in [0.3, 0.4) is 0 Å². The molecule has 0 spiro atoms. The first-order chi connectivity index (χ1) is 8.98. The van der Waals surface area contributed by atoms with Gasteiger partial charge in [0.05, 0.1) is 4.88 Å². The lowest BCUT2D eigenvalue weighted by molar-refractivity contribution is 0.0937. The fraction of sp³-hybridized carbons (Fsp3) is 0.545. The van der Waals surface area contributed by atoms with Crippen molar-refractivity contribution in [2.75, 3.05) is 6.54 Å². The first kappa shape index (κ1) is 17.6. The van der Waals surface area contributed by atoms with E-state index in [9.17, 15) is 19.1 Å². The molecule has 2 rings (SSSR count). The Morgan fingerprint density at radius 3 is 2.75 bits per heavy atom. The Morgan fingerprint density at radius 2 is 2.25 bits per heavy atom. The zero-order chi connectivity index (χ0) is 13.9. The molecule has 1 aliphatic heterocycles. The summed E-state index contributed by atoms with van der Waals surface area (Å²) in [4.78, 5) is 31.3. The molecule has 4 N–H and O–H groups in total. The summed E-state index contributed by atoms with van der Waals surface area (Å²) in [5.41, 5.74) is 0. The maximum atomic E-state index is 11.9. The largest absolute Gasteiger partial charge is 0.349 e. The van der Waals surface area contributed by atoms with Crippen LogP contribution < -0.4 is 10.6 Å². The van der Waals surface area contributed by atoms with E-state index in [1.54, 1.807) is 17.5 Å². The molecule has 2 atom stereocenters. The summed E-state index contributed by atoms with van der Waals surface area (Å²) in [7, 11) is -4.39. The van der Waals surface area contributed by atoms with E-state index in [0.29, 0.717) is 11.3 Å². The molecule has 1 aliphatic rings. The lowest BCUT2D eigenvalue weighted by Gasteiger charge is -2.32. The molecule has 2 heterocycles. The molecule has 0 aliphatic carbocycles. The van der Waals surface area contributed by atoms with Crippen molar-refractivity contribution in [2.45, 2.75) is 31.1 Å². The highest BCUT2D eigenvalue weighted by atomic mass is 35.5. The summed E-state index contributed by atoms with van der Waals surface area (Å²) in [5, 5.41) is 7.30. The highest BCUT2D eigenvalue weighted by Gasteiger charge is 2.38. The number of hydrogen-bond donors (Lipinski definition) is 4. The zero-order valence-corrected chi connectivity index (χ0v) is 13.2. The van der Waals surface area contributed by atoms with Crippen molar-refractivity contribution >= 4 is 37.2 Å². The minimum absolute atomic E-state index is 0. The smallest absolute Gasteiger partial charge is 0.336 e. The Morgan fingerprint density at radius 1 is 1.50 bits per heavy atom. The average molecular weight is 341 g/mol. The third-order valence-corrected chi connectivity index (χ3v) is 5.20. The van der Waals surface area contributed by atoms with Crippen molar-refractivity contribution in [2.24, 2.45) is 0 Å². The van der Waals surface area contributed by atoms with Crippen LogP contribution in [-0.4, -0.2) is 34.1 Å². The van der Waals surface area contributed by atoms with E-state index in [1.807, 2.05) is 0 Å². The van der Waals surface area contributed by atoms with Gasteiger partial charge in [-0.3, -0.25) is 9.36 Å². The monoisotopic (exact) mass is 340 g/mol. The number of thiophene rings is 1. The summed E-state index contributed by atoms with van der Waals surface area (Å²) in [6, 6.07) is 2.98. The molecular weight excluding hydrogens is 323 g/mol. The maximum Gasteiger partial charge on any atom is 0.349 e. The molecule has 0 saturated carbocycles. The molecule has 6 nitrogen and oxygen atoms in total. The predicted octanol–water partition coefficient (Wildman–Crippen LogP) is 1.55. The standard InChI is InChI=1S/C11H17N2O4PS.ClH/c14-10(9-5-3-7-19-9)13-11(18(15,16)17)8-4-1-2-6-12-8;/h3,5,7-8,11-12H,1-2,4,6H2,(H,13,14)(H2,15,16,17);1H. The zero-order valence-electron chi connectivity index (χ0n) is 10.7. The fourth-order valence-electron chi connectivity index (χ4n) is 2.18. The van der Waals surface area contributed by atoms with Gasteiger partial charge in [-0.25, -0.2) is 0 Å². The van der Waals surface area contributed by atoms with Gasteiger partial charge < -0.3 is 20.4 Å². The number of halogens is 1. The van der Waals surface area contributed by atoms with Crippen LogP contribution in [0.15, 0.2) is 17.5 Å². The first-order valence-corrected chi connectivity index (χ1v) is 8.67. The third kappa shape index (κ3) is 4.55. The van der Waals surface area contributed by atoms with Crippen molar-refractivity contribution < 1.29 is 19.1 Å². The third-order valence-electron chi connectivity index (χ3n) is 3.12. The van der Waals surface area contributed by atoms with Crippen molar-refractivity contribution in [1.29, 1.82) is 0 Å². The van der Waals surface area contributed by atoms with Gasteiger partial charge in [-0.2, -0.15) is 0 Å². The Kier molecular flexibility index (Phi) is 6.64. The Bertz CT molecular complexity index is 473. The van der Waals surface area contributed by atoms with Crippen molar-refractivity contribution in [3.05, 3.63) is 22.4 Å². The molecule has 9 heteroatoms. The van der Waals surface area contributed by atoms with Crippen LogP contribution in [0.1, 0.15) is 28.9 Å². The molecule has 1 aromatic heterocycles. The van der Waals surface area contributed by atoms with E-state index in [1.165, 1.54) is 11.3 Å². The summed E-state index contributed by atoms with van der Waals surface area (Å²) in [5.74, 6) is -1.60. The number of amides is 1. The molecule has 0 radical (unpaired) electrons. The molecule has 1 fully saturated rings. The van der Waals surface area contributed by atoms with Crippen LogP contribution in [-0.2, 0) is 4.57 Å². The lowest BCUT2D eigenvalue weighted by Crippen LogP contribution is -2.51. The molecule has 1 saturated heterocycles. The predicted molar refractivity (Wildman–Crippen MR) is 80.5 cm³/mol. The highest BCUT2D eigenvalue weighted by molar-refractivity contribution is 7.52. The minimum atomic E-state index is -4.39. The van der Waals surface area contributed by atoms with Crippen LogP contribution in [0.4, 0.5) is 0 Å². The summed E-state index contributed by atoms with van der Waals surface area (Å²) >= 11 is 1.24. The Balaban J connectivity index is 0.00000200. The van der Waals surface area contributed by atoms with Crippen LogP contribution in [0, 0.1) is 0 Å². The van der Waals surface area contributed by atoms with E-state index < -0.39 is 19.3 Å². The van der Waals surface area contributed by atoms with E-state index in [4.69, 9.17) is 0 Å². The normalized spacial score (nSPS) is 20.8. The van der Waals surface area contributed by atoms with Gasteiger partial charge >= 0.3 is 7.60 Å². The van der Waals surface area contributed by atoms with Crippen molar-refractivity contribution in [3.8, 4) is 0 Å². The van der Waals surface area contributed by atoms with Gasteiger partial charge in [-0.1, -0.05) is 12.5 Å². The first-order valence-electron chi connectivity index (χ1n) is 6.11. The lowest BCUT2D eigenvalue weighted by atomic mass is 10.0. The molecule has 0 aromatic carbocycles. The van der Waals surface area contributed by atoms with Crippen LogP contribution in [0.5, 0.6) is 0 Å². The molecule has 2 unspecified atom stereocenters. The number of nitrogens with one attached hydrogen (secondary N) is 2. The van der Waals surface area contributed by atoms with Gasteiger partial charge in [-0.05, 0) is 30.8 Å². The Labute approximate surface area is 127 Å². The summed E-state index contributed by atoms with van der Waals surface area (Å²) in [6.07, 6.45) is 2.55. The van der Waals surface area contributed by atoms with Crippen LogP contribution >= 0.6 is 31.3 Å². The molecule has 20 heavy (non-hydrogen) atoms. The Hall–Kier alpha value is -0.430. The molecule has 1 aromatic rings. The van der Waals surface area contributed by atoms with Gasteiger partial charge in [0.25, 0.3) is 5.91 Å². The SMILES string of the molecule is Cl.O=C(NC(C1CCCCN1)P(=O)(O)O)c1cccs1. The fourth-order valence-corrected chi connectivity index (χ4v) is 3.82. The molecule has 1 amide bonds. The van der Waals surface area contributed by atoms with E-state index in [0.717, 1.165) is 19.4 Å². The molecule has 114 valence electrons. The van der Waals surface area contributed by atoms with Gasteiger partial charge in [0, 0.05) is 6.04 Å². The molecule has 0 bridgehead atoms. The van der Waals surface area contributed by atoms with Gasteiger partial charge in [-0.15, -0.1) is 23.7 Å².